The van der Waals surface area contributed by atoms with Crippen LogP contribution in [0.1, 0.15) is 50.2 Å². The Morgan fingerprint density at radius 1 is 1.07 bits per heavy atom. The Hall–Kier alpha value is -2.83. The van der Waals surface area contributed by atoms with Crippen molar-refractivity contribution >= 4 is 10.9 Å². The summed E-state index contributed by atoms with van der Waals surface area (Å²) >= 11 is 0. The number of aromatic nitrogens is 1. The standard InChI is InChI=1S/C23H21F4NO2/c1-22(9-3-2-4-10-22)15-12-16(24)18(13-20(15)30)28-11-8-19(29)21-14(23(25,26)27)6-5-7-17(21)28/h5-8,11-13,30H,2-4,9-10H2,1H3. The molecule has 0 amide bonds. The fourth-order valence-electron chi connectivity index (χ4n) is 4.57. The number of nitrogens with zero attached hydrogens (tertiary/aromatic N) is 1. The van der Waals surface area contributed by atoms with Gasteiger partial charge in [0.15, 0.2) is 5.43 Å². The molecule has 30 heavy (non-hydrogen) atoms. The van der Waals surface area contributed by atoms with Gasteiger partial charge in [0, 0.05) is 23.9 Å². The average molecular weight is 419 g/mol. The summed E-state index contributed by atoms with van der Waals surface area (Å²) in [6.07, 6.45) is 1.24. The van der Waals surface area contributed by atoms with Crippen molar-refractivity contribution in [2.24, 2.45) is 0 Å². The quantitative estimate of drug-likeness (QED) is 0.512. The van der Waals surface area contributed by atoms with Gasteiger partial charge in [0.2, 0.25) is 0 Å². The van der Waals surface area contributed by atoms with Gasteiger partial charge in [0.05, 0.1) is 22.2 Å². The Morgan fingerprint density at radius 2 is 1.77 bits per heavy atom. The van der Waals surface area contributed by atoms with Crippen LogP contribution in [0.15, 0.2) is 47.4 Å². The highest BCUT2D eigenvalue weighted by Crippen LogP contribution is 2.44. The maximum Gasteiger partial charge on any atom is 0.417 e. The van der Waals surface area contributed by atoms with E-state index in [4.69, 9.17) is 0 Å². The van der Waals surface area contributed by atoms with E-state index in [9.17, 15) is 23.1 Å². The normalized spacial score (nSPS) is 16.7. The molecule has 7 heteroatoms. The fourth-order valence-corrected chi connectivity index (χ4v) is 4.57. The van der Waals surface area contributed by atoms with Crippen LogP contribution in [-0.2, 0) is 11.6 Å². The molecule has 0 atom stereocenters. The molecule has 1 aliphatic carbocycles. The molecule has 0 radical (unpaired) electrons. The molecule has 3 nitrogen and oxygen atoms in total. The minimum atomic E-state index is -4.72. The number of alkyl halides is 3. The van der Waals surface area contributed by atoms with Crippen LogP contribution in [0, 0.1) is 5.82 Å². The Labute approximate surface area is 170 Å². The molecule has 1 N–H and O–H groups in total. The molecular formula is C23H21F4NO2. The predicted octanol–water partition coefficient (Wildman–Crippen LogP) is 6.08. The molecule has 1 fully saturated rings. The first-order valence-electron chi connectivity index (χ1n) is 9.87. The van der Waals surface area contributed by atoms with Crippen LogP contribution in [0.2, 0.25) is 0 Å². The van der Waals surface area contributed by atoms with E-state index < -0.39 is 28.4 Å². The number of phenols is 1. The lowest BCUT2D eigenvalue weighted by Gasteiger charge is -2.34. The minimum absolute atomic E-state index is 0.0766. The topological polar surface area (TPSA) is 42.2 Å². The van der Waals surface area contributed by atoms with Crippen molar-refractivity contribution in [3.05, 3.63) is 69.8 Å². The molecule has 4 rings (SSSR count). The molecule has 1 aromatic heterocycles. The van der Waals surface area contributed by atoms with Crippen molar-refractivity contribution in [3.8, 4) is 11.4 Å². The van der Waals surface area contributed by atoms with Crippen LogP contribution in [0.25, 0.3) is 16.6 Å². The van der Waals surface area contributed by atoms with E-state index in [1.807, 2.05) is 6.92 Å². The second-order valence-electron chi connectivity index (χ2n) is 8.19. The highest BCUT2D eigenvalue weighted by atomic mass is 19.4. The van der Waals surface area contributed by atoms with Gasteiger partial charge >= 0.3 is 6.18 Å². The molecule has 3 aromatic rings. The van der Waals surface area contributed by atoms with Crippen molar-refractivity contribution < 1.29 is 22.7 Å². The van der Waals surface area contributed by atoms with Crippen molar-refractivity contribution in [1.82, 2.24) is 4.57 Å². The van der Waals surface area contributed by atoms with Gasteiger partial charge in [-0.25, -0.2) is 4.39 Å². The Balaban J connectivity index is 1.93. The predicted molar refractivity (Wildman–Crippen MR) is 107 cm³/mol. The third kappa shape index (κ3) is 3.36. The summed E-state index contributed by atoms with van der Waals surface area (Å²) in [5.74, 6) is -0.772. The van der Waals surface area contributed by atoms with Crippen molar-refractivity contribution in [3.63, 3.8) is 0 Å². The lowest BCUT2D eigenvalue weighted by atomic mass is 9.70. The van der Waals surface area contributed by atoms with Gasteiger partial charge in [-0.1, -0.05) is 32.3 Å². The smallest absolute Gasteiger partial charge is 0.417 e. The molecule has 158 valence electrons. The van der Waals surface area contributed by atoms with Crippen molar-refractivity contribution in [2.45, 2.75) is 50.6 Å². The van der Waals surface area contributed by atoms with E-state index in [2.05, 4.69) is 0 Å². The Morgan fingerprint density at radius 3 is 2.43 bits per heavy atom. The molecule has 1 saturated carbocycles. The SMILES string of the molecule is CC1(c2cc(F)c(-n3ccc(=O)c4c(C(F)(F)F)cccc43)cc2O)CCCCC1. The summed E-state index contributed by atoms with van der Waals surface area (Å²) in [5.41, 5.74) is -1.91. The maximum absolute atomic E-state index is 15.2. The van der Waals surface area contributed by atoms with Gasteiger partial charge in [-0.3, -0.25) is 4.79 Å². The third-order valence-corrected chi connectivity index (χ3v) is 6.16. The van der Waals surface area contributed by atoms with Crippen LogP contribution >= 0.6 is 0 Å². The maximum atomic E-state index is 15.2. The average Bonchev–Trinajstić information content (AvgIpc) is 2.69. The first-order valence-corrected chi connectivity index (χ1v) is 9.87. The lowest BCUT2D eigenvalue weighted by Crippen LogP contribution is -2.25. The zero-order valence-electron chi connectivity index (χ0n) is 16.4. The monoisotopic (exact) mass is 419 g/mol. The molecule has 0 saturated heterocycles. The second kappa shape index (κ2) is 7.15. The molecule has 0 bridgehead atoms. The number of pyridine rings is 1. The van der Waals surface area contributed by atoms with E-state index >= 15 is 4.39 Å². The fraction of sp³-hybridized carbons (Fsp3) is 0.348. The summed E-state index contributed by atoms with van der Waals surface area (Å²) < 4.78 is 56.6. The summed E-state index contributed by atoms with van der Waals surface area (Å²) in [6.45, 7) is 1.99. The van der Waals surface area contributed by atoms with Crippen LogP contribution in [-0.4, -0.2) is 9.67 Å². The minimum Gasteiger partial charge on any atom is -0.508 e. The van der Waals surface area contributed by atoms with Crippen molar-refractivity contribution in [2.75, 3.05) is 0 Å². The first kappa shape index (κ1) is 20.4. The van der Waals surface area contributed by atoms with Gasteiger partial charge in [0.1, 0.15) is 11.6 Å². The second-order valence-corrected chi connectivity index (χ2v) is 8.19. The van der Waals surface area contributed by atoms with Crippen LogP contribution in [0.3, 0.4) is 0 Å². The highest BCUT2D eigenvalue weighted by molar-refractivity contribution is 5.84. The van der Waals surface area contributed by atoms with Crippen LogP contribution in [0.5, 0.6) is 5.75 Å². The van der Waals surface area contributed by atoms with E-state index in [1.54, 1.807) is 0 Å². The summed E-state index contributed by atoms with van der Waals surface area (Å²) in [4.78, 5) is 12.2. The van der Waals surface area contributed by atoms with Gasteiger partial charge < -0.3 is 9.67 Å². The van der Waals surface area contributed by atoms with Gasteiger partial charge in [0.25, 0.3) is 0 Å². The molecule has 0 unspecified atom stereocenters. The summed E-state index contributed by atoms with van der Waals surface area (Å²) in [6, 6.07) is 6.82. The number of rotatable bonds is 2. The first-order chi connectivity index (χ1) is 14.1. The van der Waals surface area contributed by atoms with Gasteiger partial charge in [-0.2, -0.15) is 13.2 Å². The summed E-state index contributed by atoms with van der Waals surface area (Å²) in [7, 11) is 0. The molecule has 2 aromatic carbocycles. The molecule has 1 heterocycles. The highest BCUT2D eigenvalue weighted by Gasteiger charge is 2.34. The third-order valence-electron chi connectivity index (χ3n) is 6.16. The van der Waals surface area contributed by atoms with Crippen LogP contribution in [0.4, 0.5) is 17.6 Å². The zero-order chi connectivity index (χ0) is 21.7. The van der Waals surface area contributed by atoms with E-state index in [1.165, 1.54) is 35.0 Å². The lowest BCUT2D eigenvalue weighted by molar-refractivity contribution is -0.136. The van der Waals surface area contributed by atoms with E-state index in [-0.39, 0.29) is 22.4 Å². The van der Waals surface area contributed by atoms with Gasteiger partial charge in [-0.05, 0) is 36.5 Å². The van der Waals surface area contributed by atoms with Gasteiger partial charge in [-0.15, -0.1) is 0 Å². The largest absolute Gasteiger partial charge is 0.508 e. The van der Waals surface area contributed by atoms with Crippen molar-refractivity contribution in [1.29, 1.82) is 0 Å². The number of phenolic OH excluding ortho intramolecular Hbond substituents is 1. The number of hydrogen-bond donors (Lipinski definition) is 1. The number of fused-ring (bicyclic) bond motifs is 1. The molecule has 0 spiro atoms. The summed E-state index contributed by atoms with van der Waals surface area (Å²) in [5, 5.41) is 10.2. The Bertz CT molecular complexity index is 1170. The number of halogens is 4. The van der Waals surface area contributed by atoms with E-state index in [0.29, 0.717) is 5.56 Å². The Kier molecular flexibility index (Phi) is 4.87. The number of hydrogen-bond acceptors (Lipinski definition) is 2. The van der Waals surface area contributed by atoms with E-state index in [0.717, 1.165) is 44.2 Å². The molecule has 0 aliphatic heterocycles. The molecule has 1 aliphatic rings. The molecular weight excluding hydrogens is 398 g/mol. The number of aromatic hydroxyl groups is 1. The number of benzene rings is 2. The zero-order valence-corrected chi connectivity index (χ0v) is 16.4. The van der Waals surface area contributed by atoms with Crippen LogP contribution < -0.4 is 5.43 Å².